The molecule has 0 spiro atoms. The highest BCUT2D eigenvalue weighted by Crippen LogP contribution is 2.26. The van der Waals surface area contributed by atoms with Gasteiger partial charge in [0.25, 0.3) is 5.91 Å². The molecule has 32 heavy (non-hydrogen) atoms. The average Bonchev–Trinajstić information content (AvgIpc) is 3.21. The Morgan fingerprint density at radius 1 is 1.12 bits per heavy atom. The maximum atomic E-state index is 13.2. The molecule has 0 aliphatic carbocycles. The van der Waals surface area contributed by atoms with Gasteiger partial charge < -0.3 is 4.90 Å². The molecule has 0 bridgehead atoms. The van der Waals surface area contributed by atoms with E-state index in [1.54, 1.807) is 6.08 Å². The van der Waals surface area contributed by atoms with E-state index in [0.29, 0.717) is 5.92 Å². The number of nitrogens with zero attached hydrogens (tertiary/aromatic N) is 6. The lowest BCUT2D eigenvalue weighted by Crippen LogP contribution is -2.37. The monoisotopic (exact) mass is 428 g/mol. The molecule has 7 nitrogen and oxygen atoms in total. The first-order valence-corrected chi connectivity index (χ1v) is 11.3. The number of likely N-dealkylation sites (tertiary alicyclic amines) is 1. The largest absolute Gasteiger partial charge is 0.304 e. The second kappa shape index (κ2) is 8.31. The van der Waals surface area contributed by atoms with Crippen molar-refractivity contribution in [3.05, 3.63) is 71.5 Å². The van der Waals surface area contributed by atoms with E-state index in [2.05, 4.69) is 28.0 Å². The van der Waals surface area contributed by atoms with Crippen LogP contribution in [0.5, 0.6) is 0 Å². The van der Waals surface area contributed by atoms with Gasteiger partial charge in [-0.3, -0.25) is 9.78 Å². The smallest absolute Gasteiger partial charge is 0.272 e. The predicted octanol–water partition coefficient (Wildman–Crippen LogP) is 3.67. The second-order valence-corrected chi connectivity index (χ2v) is 8.59. The normalized spacial score (nSPS) is 24.3. The lowest BCUT2D eigenvalue weighted by molar-refractivity contribution is -0.124. The van der Waals surface area contributed by atoms with Crippen molar-refractivity contribution >= 4 is 22.7 Å². The predicted molar refractivity (Wildman–Crippen MR) is 126 cm³/mol. The number of hydrogen-bond donors (Lipinski definition) is 0. The Morgan fingerprint density at radius 2 is 1.94 bits per heavy atom. The average molecular weight is 429 g/mol. The molecule has 0 unspecified atom stereocenters. The molecule has 3 aliphatic heterocycles. The number of amides is 1. The molecule has 7 heteroatoms. The van der Waals surface area contributed by atoms with Gasteiger partial charge in [0.05, 0.1) is 40.2 Å². The number of aryl methyl sites for hydroxylation is 2. The lowest BCUT2D eigenvalue weighted by Gasteiger charge is -2.32. The minimum Gasteiger partial charge on any atom is -0.304 e. The molecule has 1 fully saturated rings. The fraction of sp³-hybridized carbons (Fsp3) is 0.360. The molecule has 0 saturated carbocycles. The molecular formula is C25H28N6O. The van der Waals surface area contributed by atoms with Gasteiger partial charge in [-0.2, -0.15) is 15.2 Å². The van der Waals surface area contributed by atoms with E-state index in [1.807, 2.05) is 54.9 Å². The summed E-state index contributed by atoms with van der Waals surface area (Å²) in [6, 6.07) is 1.98. The first kappa shape index (κ1) is 20.6. The van der Waals surface area contributed by atoms with Crippen LogP contribution in [0.1, 0.15) is 36.8 Å². The summed E-state index contributed by atoms with van der Waals surface area (Å²) in [5, 5.41) is 11.0. The number of rotatable bonds is 3. The van der Waals surface area contributed by atoms with E-state index >= 15 is 0 Å². The zero-order valence-electron chi connectivity index (χ0n) is 18.8. The molecule has 5 heterocycles. The Hall–Kier alpha value is -3.32. The summed E-state index contributed by atoms with van der Waals surface area (Å²) in [7, 11) is 0. The molecule has 0 aromatic carbocycles. The quantitative estimate of drug-likeness (QED) is 0.748. The Kier molecular flexibility index (Phi) is 5.35. The number of allylic oxidation sites excluding steroid dienone is 6. The Labute approximate surface area is 188 Å². The van der Waals surface area contributed by atoms with Crippen LogP contribution in [0.4, 0.5) is 0 Å². The van der Waals surface area contributed by atoms with E-state index < -0.39 is 0 Å². The summed E-state index contributed by atoms with van der Waals surface area (Å²) in [6.07, 6.45) is 15.5. The lowest BCUT2D eigenvalue weighted by atomic mass is 9.91. The van der Waals surface area contributed by atoms with Crippen molar-refractivity contribution in [2.24, 2.45) is 11.0 Å². The van der Waals surface area contributed by atoms with Gasteiger partial charge in [0.2, 0.25) is 0 Å². The minimum atomic E-state index is -0.161. The van der Waals surface area contributed by atoms with E-state index in [9.17, 15) is 4.79 Å². The summed E-state index contributed by atoms with van der Waals surface area (Å²) in [5.74, 6) is 0.233. The van der Waals surface area contributed by atoms with Gasteiger partial charge >= 0.3 is 0 Å². The first-order chi connectivity index (χ1) is 15.5. The summed E-state index contributed by atoms with van der Waals surface area (Å²) in [5.41, 5.74) is 6.03. The van der Waals surface area contributed by atoms with Crippen molar-refractivity contribution in [2.75, 3.05) is 19.6 Å². The van der Waals surface area contributed by atoms with Crippen LogP contribution < -0.4 is 0 Å². The summed E-state index contributed by atoms with van der Waals surface area (Å²) >= 11 is 0. The number of hydrazone groups is 1. The number of fused-ring (bicyclic) bond motifs is 2. The van der Waals surface area contributed by atoms with Gasteiger partial charge in [-0.25, -0.2) is 4.52 Å². The molecule has 0 N–H and O–H groups in total. The molecule has 3 aliphatic rings. The highest BCUT2D eigenvalue weighted by Gasteiger charge is 2.26. The SMILES string of the molecule is CCN1CCC(C2=NN3C(=O)\C=C(c4cc5c(C)nc(C)cn5n4)/C=C/C=C/3C=C2)CC1. The third-order valence-corrected chi connectivity index (χ3v) is 6.42. The molecule has 0 radical (unpaired) electrons. The van der Waals surface area contributed by atoms with Crippen molar-refractivity contribution in [1.29, 1.82) is 0 Å². The van der Waals surface area contributed by atoms with Crippen LogP contribution in [0.3, 0.4) is 0 Å². The topological polar surface area (TPSA) is 66.1 Å². The summed E-state index contributed by atoms with van der Waals surface area (Å²) in [6.45, 7) is 9.37. The van der Waals surface area contributed by atoms with Crippen LogP contribution in [0.15, 0.2) is 59.5 Å². The highest BCUT2D eigenvalue weighted by atomic mass is 16.2. The van der Waals surface area contributed by atoms with Crippen molar-refractivity contribution < 1.29 is 4.79 Å². The van der Waals surface area contributed by atoms with Crippen LogP contribution in [0, 0.1) is 19.8 Å². The fourth-order valence-corrected chi connectivity index (χ4v) is 4.60. The number of piperidine rings is 1. The van der Waals surface area contributed by atoms with Crippen molar-refractivity contribution in [1.82, 2.24) is 24.5 Å². The molecular weight excluding hydrogens is 400 g/mol. The maximum absolute atomic E-state index is 13.2. The van der Waals surface area contributed by atoms with Crippen molar-refractivity contribution in [3.8, 4) is 0 Å². The molecule has 164 valence electrons. The zero-order valence-corrected chi connectivity index (χ0v) is 18.8. The number of carbonyl (C=O) groups excluding carboxylic acids is 1. The maximum Gasteiger partial charge on any atom is 0.272 e. The van der Waals surface area contributed by atoms with Gasteiger partial charge in [0, 0.05) is 17.6 Å². The third-order valence-electron chi connectivity index (χ3n) is 6.42. The van der Waals surface area contributed by atoms with Crippen molar-refractivity contribution in [3.63, 3.8) is 0 Å². The van der Waals surface area contributed by atoms with E-state index in [0.717, 1.165) is 72.1 Å². The Balaban J connectivity index is 1.45. The van der Waals surface area contributed by atoms with Gasteiger partial charge in [0.15, 0.2) is 0 Å². The van der Waals surface area contributed by atoms with Crippen molar-refractivity contribution in [2.45, 2.75) is 33.6 Å². The van der Waals surface area contributed by atoms with Crippen LogP contribution in [0.25, 0.3) is 11.1 Å². The van der Waals surface area contributed by atoms with E-state index in [4.69, 9.17) is 5.10 Å². The molecule has 2 aromatic rings. The van der Waals surface area contributed by atoms with Gasteiger partial charge in [-0.1, -0.05) is 19.1 Å². The number of hydrogen-bond acceptors (Lipinski definition) is 5. The van der Waals surface area contributed by atoms with Crippen LogP contribution in [-0.2, 0) is 4.79 Å². The molecule has 0 atom stereocenters. The minimum absolute atomic E-state index is 0.161. The fourth-order valence-electron chi connectivity index (χ4n) is 4.60. The standard InChI is InChI=1S/C25H28N6O/c1-4-29-12-10-19(11-13-29)22-9-8-21-7-5-6-20(14-25(32)31(21)28-22)23-15-24-18(3)26-17(2)16-30(24)27-23/h5-9,14-16,19H,4,10-13H2,1-3H3/b6-5+,20-14+,21-7+. The molecule has 1 amide bonds. The van der Waals surface area contributed by atoms with E-state index in [-0.39, 0.29) is 5.91 Å². The molecule has 1 saturated heterocycles. The van der Waals surface area contributed by atoms with Crippen LogP contribution >= 0.6 is 0 Å². The number of carbonyl (C=O) groups is 1. The van der Waals surface area contributed by atoms with Gasteiger partial charge in [-0.15, -0.1) is 0 Å². The Bertz CT molecular complexity index is 1220. The third kappa shape index (κ3) is 3.84. The number of aromatic nitrogens is 3. The summed E-state index contributed by atoms with van der Waals surface area (Å²) < 4.78 is 1.83. The Morgan fingerprint density at radius 3 is 2.72 bits per heavy atom. The van der Waals surface area contributed by atoms with Crippen LogP contribution in [-0.4, -0.2) is 55.8 Å². The molecule has 2 aromatic heterocycles. The highest BCUT2D eigenvalue weighted by molar-refractivity contribution is 6.03. The van der Waals surface area contributed by atoms with Gasteiger partial charge in [-0.05, 0) is 70.6 Å². The second-order valence-electron chi connectivity index (χ2n) is 8.59. The van der Waals surface area contributed by atoms with E-state index in [1.165, 1.54) is 5.01 Å². The zero-order chi connectivity index (χ0) is 22.2. The summed E-state index contributed by atoms with van der Waals surface area (Å²) in [4.78, 5) is 20.2. The van der Waals surface area contributed by atoms with Gasteiger partial charge in [0.1, 0.15) is 0 Å². The van der Waals surface area contributed by atoms with Crippen LogP contribution in [0.2, 0.25) is 0 Å². The first-order valence-electron chi connectivity index (χ1n) is 11.3. The molecule has 5 rings (SSSR count).